The smallest absolute Gasteiger partial charge is 0.279 e. The van der Waals surface area contributed by atoms with Crippen molar-refractivity contribution in [1.29, 1.82) is 0 Å². The summed E-state index contributed by atoms with van der Waals surface area (Å²) < 4.78 is 29.0. The Morgan fingerprint density at radius 2 is 1.90 bits per heavy atom. The first-order chi connectivity index (χ1) is 9.81. The topological polar surface area (TPSA) is 61.4 Å². The molecular formula is C15H33N3O2S. The fraction of sp³-hybridized carbons (Fsp3) is 1.00. The van der Waals surface area contributed by atoms with Crippen molar-refractivity contribution >= 4 is 10.2 Å². The van der Waals surface area contributed by atoms with Gasteiger partial charge in [0.25, 0.3) is 10.2 Å². The van der Waals surface area contributed by atoms with Gasteiger partial charge in [-0.3, -0.25) is 0 Å². The van der Waals surface area contributed by atoms with E-state index < -0.39 is 10.2 Å². The SMILES string of the molecule is CC1CCCC(NS(=O)(=O)N(C)CCCNC(C)C)CC1. The zero-order valence-electron chi connectivity index (χ0n) is 14.1. The molecule has 0 spiro atoms. The van der Waals surface area contributed by atoms with Crippen LogP contribution in [-0.4, -0.2) is 44.9 Å². The summed E-state index contributed by atoms with van der Waals surface area (Å²) >= 11 is 0. The van der Waals surface area contributed by atoms with Crippen LogP contribution in [0, 0.1) is 5.92 Å². The highest BCUT2D eigenvalue weighted by Crippen LogP contribution is 2.23. The molecule has 0 saturated heterocycles. The van der Waals surface area contributed by atoms with Crippen LogP contribution in [0.4, 0.5) is 0 Å². The molecule has 1 fully saturated rings. The van der Waals surface area contributed by atoms with Crippen molar-refractivity contribution in [1.82, 2.24) is 14.3 Å². The highest BCUT2D eigenvalue weighted by molar-refractivity contribution is 7.87. The lowest BCUT2D eigenvalue weighted by atomic mass is 10.0. The summed E-state index contributed by atoms with van der Waals surface area (Å²) in [6.07, 6.45) is 6.22. The minimum Gasteiger partial charge on any atom is -0.314 e. The number of hydrogen-bond acceptors (Lipinski definition) is 3. The lowest BCUT2D eigenvalue weighted by molar-refractivity contribution is 0.421. The monoisotopic (exact) mass is 319 g/mol. The van der Waals surface area contributed by atoms with Crippen LogP contribution in [0.1, 0.15) is 59.3 Å². The third-order valence-corrected chi connectivity index (χ3v) is 5.82. The van der Waals surface area contributed by atoms with E-state index in [9.17, 15) is 8.42 Å². The molecule has 1 aliphatic carbocycles. The molecule has 0 radical (unpaired) electrons. The molecule has 2 unspecified atom stereocenters. The van der Waals surface area contributed by atoms with Crippen LogP contribution in [0.2, 0.25) is 0 Å². The minimum atomic E-state index is -3.34. The van der Waals surface area contributed by atoms with Gasteiger partial charge >= 0.3 is 0 Å². The van der Waals surface area contributed by atoms with E-state index in [1.807, 2.05) is 0 Å². The second kappa shape index (κ2) is 9.08. The highest BCUT2D eigenvalue weighted by atomic mass is 32.2. The van der Waals surface area contributed by atoms with Gasteiger partial charge in [-0.25, -0.2) is 0 Å². The van der Waals surface area contributed by atoms with Crippen molar-refractivity contribution in [2.75, 3.05) is 20.1 Å². The van der Waals surface area contributed by atoms with Gasteiger partial charge in [0, 0.05) is 25.7 Å². The van der Waals surface area contributed by atoms with Gasteiger partial charge in [-0.1, -0.05) is 33.6 Å². The molecule has 6 heteroatoms. The summed E-state index contributed by atoms with van der Waals surface area (Å²) in [6.45, 7) is 7.84. The molecule has 2 atom stereocenters. The highest BCUT2D eigenvalue weighted by Gasteiger charge is 2.24. The van der Waals surface area contributed by atoms with Gasteiger partial charge in [-0.2, -0.15) is 17.4 Å². The molecule has 1 rings (SSSR count). The zero-order chi connectivity index (χ0) is 15.9. The van der Waals surface area contributed by atoms with E-state index in [0.717, 1.165) is 44.6 Å². The Labute approximate surface area is 131 Å². The van der Waals surface area contributed by atoms with Gasteiger partial charge in [0.05, 0.1) is 0 Å². The van der Waals surface area contributed by atoms with E-state index in [-0.39, 0.29) is 6.04 Å². The molecule has 0 aliphatic heterocycles. The van der Waals surface area contributed by atoms with E-state index in [2.05, 4.69) is 30.8 Å². The average Bonchev–Trinajstić information content (AvgIpc) is 2.58. The normalized spacial score (nSPS) is 24.5. The molecular weight excluding hydrogens is 286 g/mol. The predicted molar refractivity (Wildman–Crippen MR) is 88.5 cm³/mol. The van der Waals surface area contributed by atoms with E-state index in [0.29, 0.717) is 12.6 Å². The average molecular weight is 320 g/mol. The van der Waals surface area contributed by atoms with Gasteiger partial charge in [0.2, 0.25) is 0 Å². The van der Waals surface area contributed by atoms with Gasteiger partial charge in [-0.05, 0) is 38.1 Å². The maximum absolute atomic E-state index is 12.3. The van der Waals surface area contributed by atoms with Crippen molar-refractivity contribution in [2.45, 2.75) is 71.4 Å². The Morgan fingerprint density at radius 1 is 1.19 bits per heavy atom. The number of nitrogens with one attached hydrogen (secondary N) is 2. The van der Waals surface area contributed by atoms with Gasteiger partial charge in [0.1, 0.15) is 0 Å². The van der Waals surface area contributed by atoms with Crippen LogP contribution in [0.25, 0.3) is 0 Å². The Kier molecular flexibility index (Phi) is 8.16. The predicted octanol–water partition coefficient (Wildman–Crippen LogP) is 2.11. The molecule has 0 aromatic heterocycles. The number of nitrogens with zero attached hydrogens (tertiary/aromatic N) is 1. The van der Waals surface area contributed by atoms with E-state index in [1.165, 1.54) is 10.7 Å². The standard InChI is InChI=1S/C15H33N3O2S/c1-13(2)16-11-6-12-18(4)21(19,20)17-15-8-5-7-14(3)9-10-15/h13-17H,5-12H2,1-4H3. The molecule has 5 nitrogen and oxygen atoms in total. The Morgan fingerprint density at radius 3 is 2.57 bits per heavy atom. The van der Waals surface area contributed by atoms with Crippen LogP contribution in [0.3, 0.4) is 0 Å². The molecule has 0 aromatic rings. The van der Waals surface area contributed by atoms with Crippen LogP contribution in [0.5, 0.6) is 0 Å². The van der Waals surface area contributed by atoms with Crippen molar-refractivity contribution in [2.24, 2.45) is 5.92 Å². The van der Waals surface area contributed by atoms with Crippen LogP contribution < -0.4 is 10.0 Å². The maximum Gasteiger partial charge on any atom is 0.279 e. The fourth-order valence-corrected chi connectivity index (χ4v) is 3.92. The molecule has 126 valence electrons. The number of rotatable bonds is 8. The summed E-state index contributed by atoms with van der Waals surface area (Å²) in [6, 6.07) is 0.550. The van der Waals surface area contributed by atoms with Crippen LogP contribution in [0.15, 0.2) is 0 Å². The van der Waals surface area contributed by atoms with Crippen molar-refractivity contribution in [3.8, 4) is 0 Å². The minimum absolute atomic E-state index is 0.108. The van der Waals surface area contributed by atoms with Crippen molar-refractivity contribution in [3.63, 3.8) is 0 Å². The molecule has 21 heavy (non-hydrogen) atoms. The summed E-state index contributed by atoms with van der Waals surface area (Å²) in [5.41, 5.74) is 0. The first-order valence-corrected chi connectivity index (χ1v) is 9.72. The number of hydrogen-bond donors (Lipinski definition) is 2. The Bertz CT molecular complexity index is 384. The molecule has 0 amide bonds. The largest absolute Gasteiger partial charge is 0.314 e. The van der Waals surface area contributed by atoms with Gasteiger partial charge < -0.3 is 5.32 Å². The second-order valence-electron chi connectivity index (χ2n) is 6.72. The second-order valence-corrected chi connectivity index (χ2v) is 8.53. The summed E-state index contributed by atoms with van der Waals surface area (Å²) in [5.74, 6) is 0.722. The lowest BCUT2D eigenvalue weighted by Gasteiger charge is -2.22. The lowest BCUT2D eigenvalue weighted by Crippen LogP contribution is -2.44. The quantitative estimate of drug-likeness (QED) is 0.532. The van der Waals surface area contributed by atoms with Crippen LogP contribution >= 0.6 is 0 Å². The Hall–Kier alpha value is -0.170. The van der Waals surface area contributed by atoms with Crippen LogP contribution in [-0.2, 0) is 10.2 Å². The van der Waals surface area contributed by atoms with Gasteiger partial charge in [0.15, 0.2) is 0 Å². The third kappa shape index (κ3) is 7.58. The molecule has 0 bridgehead atoms. The zero-order valence-corrected chi connectivity index (χ0v) is 14.9. The molecule has 1 aliphatic rings. The maximum atomic E-state index is 12.3. The third-order valence-electron chi connectivity index (χ3n) is 4.19. The van der Waals surface area contributed by atoms with E-state index in [1.54, 1.807) is 7.05 Å². The first-order valence-electron chi connectivity index (χ1n) is 8.28. The van der Waals surface area contributed by atoms with Crippen molar-refractivity contribution < 1.29 is 8.42 Å². The molecule has 1 saturated carbocycles. The fourth-order valence-electron chi connectivity index (χ4n) is 2.72. The summed E-state index contributed by atoms with van der Waals surface area (Å²) in [4.78, 5) is 0. The van der Waals surface area contributed by atoms with Crippen molar-refractivity contribution in [3.05, 3.63) is 0 Å². The molecule has 0 heterocycles. The van der Waals surface area contributed by atoms with E-state index >= 15 is 0 Å². The molecule has 2 N–H and O–H groups in total. The summed E-state index contributed by atoms with van der Waals surface area (Å²) in [5, 5.41) is 3.30. The Balaban J connectivity index is 2.37. The van der Waals surface area contributed by atoms with E-state index in [4.69, 9.17) is 0 Å². The first kappa shape index (κ1) is 18.9. The van der Waals surface area contributed by atoms with Gasteiger partial charge in [-0.15, -0.1) is 0 Å². The summed E-state index contributed by atoms with van der Waals surface area (Å²) in [7, 11) is -1.68. The molecule has 0 aromatic carbocycles.